The molecule has 5 heteroatoms. The molecule has 0 saturated carbocycles. The lowest BCUT2D eigenvalue weighted by Gasteiger charge is -2.08. The zero-order chi connectivity index (χ0) is 13.7. The number of aryl methyl sites for hydroxylation is 1. The fraction of sp³-hybridized carbons (Fsp3) is 0.286. The number of aromatic nitrogens is 1. The molecule has 0 aromatic carbocycles. The second kappa shape index (κ2) is 6.45. The van der Waals surface area contributed by atoms with Crippen molar-refractivity contribution in [3.8, 4) is 0 Å². The van der Waals surface area contributed by atoms with Gasteiger partial charge >= 0.3 is 5.97 Å². The Bertz CT molecular complexity index is 566. The molecule has 100 valence electrons. The summed E-state index contributed by atoms with van der Waals surface area (Å²) >= 11 is 1.26. The molecule has 0 aliphatic heterocycles. The number of hydrogen-bond acceptors (Lipinski definition) is 4. The van der Waals surface area contributed by atoms with Gasteiger partial charge in [-0.2, -0.15) is 0 Å². The van der Waals surface area contributed by atoms with Gasteiger partial charge in [0.2, 0.25) is 0 Å². The van der Waals surface area contributed by atoms with Gasteiger partial charge in [0.05, 0.1) is 5.69 Å². The number of carbonyl (C=O) groups is 1. The van der Waals surface area contributed by atoms with E-state index in [1.54, 1.807) is 11.6 Å². The van der Waals surface area contributed by atoms with Crippen LogP contribution in [-0.4, -0.2) is 16.1 Å². The Kier molecular flexibility index (Phi) is 4.65. The molecule has 0 fully saturated rings. The number of nitrogens with zero attached hydrogens (tertiary/aromatic N) is 1. The summed E-state index contributed by atoms with van der Waals surface area (Å²) in [5, 5.41) is 14.1. The topological polar surface area (TPSA) is 62.2 Å². The van der Waals surface area contributed by atoms with Crippen LogP contribution in [0.3, 0.4) is 0 Å². The largest absolute Gasteiger partial charge is 0.477 e. The molecule has 19 heavy (non-hydrogen) atoms. The molecule has 0 atom stereocenters. The third-order valence-electron chi connectivity index (χ3n) is 2.91. The van der Waals surface area contributed by atoms with E-state index in [4.69, 9.17) is 5.11 Å². The summed E-state index contributed by atoms with van der Waals surface area (Å²) in [5.41, 5.74) is 3.07. The van der Waals surface area contributed by atoms with Gasteiger partial charge in [-0.05, 0) is 35.1 Å². The summed E-state index contributed by atoms with van der Waals surface area (Å²) in [6, 6.07) is 5.85. The highest BCUT2D eigenvalue weighted by Gasteiger charge is 2.11. The molecule has 0 unspecified atom stereocenters. The Hall–Kier alpha value is -1.72. The van der Waals surface area contributed by atoms with Crippen molar-refractivity contribution in [1.82, 2.24) is 10.3 Å². The van der Waals surface area contributed by atoms with Crippen LogP contribution in [0, 0.1) is 0 Å². The van der Waals surface area contributed by atoms with Gasteiger partial charge < -0.3 is 10.4 Å². The van der Waals surface area contributed by atoms with E-state index < -0.39 is 5.97 Å². The first-order valence-electron chi connectivity index (χ1n) is 6.15. The third kappa shape index (κ3) is 3.39. The lowest BCUT2D eigenvalue weighted by Crippen LogP contribution is -2.16. The molecule has 4 nitrogen and oxygen atoms in total. The molecule has 0 radical (unpaired) electrons. The molecule has 0 aliphatic rings. The Labute approximate surface area is 116 Å². The number of aromatic carboxylic acids is 1. The van der Waals surface area contributed by atoms with Crippen LogP contribution in [0.15, 0.2) is 29.8 Å². The highest BCUT2D eigenvalue weighted by atomic mass is 32.1. The fourth-order valence-electron chi connectivity index (χ4n) is 1.93. The van der Waals surface area contributed by atoms with E-state index in [-0.39, 0.29) is 0 Å². The van der Waals surface area contributed by atoms with Gasteiger partial charge in [0.15, 0.2) is 0 Å². The predicted octanol–water partition coefficient (Wildman–Crippen LogP) is 2.69. The monoisotopic (exact) mass is 276 g/mol. The van der Waals surface area contributed by atoms with Crippen molar-refractivity contribution in [2.24, 2.45) is 0 Å². The summed E-state index contributed by atoms with van der Waals surface area (Å²) in [6.45, 7) is 3.30. The zero-order valence-electron chi connectivity index (χ0n) is 10.7. The highest BCUT2D eigenvalue weighted by Crippen LogP contribution is 2.16. The van der Waals surface area contributed by atoms with E-state index in [0.29, 0.717) is 18.0 Å². The first-order chi connectivity index (χ1) is 9.22. The standard InChI is InChI=1S/C14H16N2O2S/c1-2-10-4-3-6-16-12(10)9-15-8-11-5-7-19-13(11)14(17)18/h3-7,15H,2,8-9H2,1H3,(H,17,18). The van der Waals surface area contributed by atoms with Crippen LogP contribution >= 0.6 is 11.3 Å². The van der Waals surface area contributed by atoms with Crippen LogP contribution in [0.4, 0.5) is 0 Å². The first kappa shape index (κ1) is 13.7. The molecular formula is C14H16N2O2S. The Morgan fingerprint density at radius 3 is 2.95 bits per heavy atom. The predicted molar refractivity (Wildman–Crippen MR) is 75.4 cm³/mol. The normalized spacial score (nSPS) is 10.6. The Balaban J connectivity index is 1.96. The van der Waals surface area contributed by atoms with Gasteiger partial charge in [-0.1, -0.05) is 13.0 Å². The maximum absolute atomic E-state index is 11.0. The van der Waals surface area contributed by atoms with Crippen molar-refractivity contribution in [2.45, 2.75) is 26.4 Å². The minimum Gasteiger partial charge on any atom is -0.477 e. The maximum atomic E-state index is 11.0. The van der Waals surface area contributed by atoms with Crippen LogP contribution in [0.25, 0.3) is 0 Å². The molecule has 0 amide bonds. The van der Waals surface area contributed by atoms with Crippen molar-refractivity contribution in [1.29, 1.82) is 0 Å². The van der Waals surface area contributed by atoms with Gasteiger partial charge in [-0.15, -0.1) is 11.3 Å². The second-order valence-corrected chi connectivity index (χ2v) is 5.06. The number of hydrogen-bond donors (Lipinski definition) is 2. The summed E-state index contributed by atoms with van der Waals surface area (Å²) in [4.78, 5) is 15.7. The van der Waals surface area contributed by atoms with Crippen molar-refractivity contribution in [2.75, 3.05) is 0 Å². The molecule has 0 bridgehead atoms. The number of carboxylic acids is 1. The highest BCUT2D eigenvalue weighted by molar-refractivity contribution is 7.12. The quantitative estimate of drug-likeness (QED) is 0.851. The van der Waals surface area contributed by atoms with E-state index in [1.807, 2.05) is 12.1 Å². The molecular weight excluding hydrogens is 260 g/mol. The molecule has 0 saturated heterocycles. The van der Waals surface area contributed by atoms with E-state index in [9.17, 15) is 4.79 Å². The lowest BCUT2D eigenvalue weighted by atomic mass is 10.1. The number of nitrogens with one attached hydrogen (secondary N) is 1. The summed E-state index contributed by atoms with van der Waals surface area (Å²) in [5.74, 6) is -0.862. The number of carboxylic acid groups (broad SMARTS) is 1. The smallest absolute Gasteiger partial charge is 0.346 e. The maximum Gasteiger partial charge on any atom is 0.346 e. The molecule has 2 aromatic rings. The lowest BCUT2D eigenvalue weighted by molar-refractivity contribution is 0.0701. The van der Waals surface area contributed by atoms with Gasteiger partial charge in [0, 0.05) is 19.3 Å². The van der Waals surface area contributed by atoms with Crippen LogP contribution in [0.5, 0.6) is 0 Å². The molecule has 0 spiro atoms. The fourth-order valence-corrected chi connectivity index (χ4v) is 2.69. The molecule has 2 heterocycles. The van der Waals surface area contributed by atoms with Gasteiger partial charge in [-0.3, -0.25) is 4.98 Å². The van der Waals surface area contributed by atoms with E-state index in [2.05, 4.69) is 23.3 Å². The molecule has 2 aromatic heterocycles. The molecule has 0 aliphatic carbocycles. The average molecular weight is 276 g/mol. The zero-order valence-corrected chi connectivity index (χ0v) is 11.5. The van der Waals surface area contributed by atoms with Crippen molar-refractivity contribution < 1.29 is 9.90 Å². The van der Waals surface area contributed by atoms with Crippen molar-refractivity contribution in [3.05, 3.63) is 51.5 Å². The Morgan fingerprint density at radius 2 is 2.21 bits per heavy atom. The average Bonchev–Trinajstić information content (AvgIpc) is 2.88. The van der Waals surface area contributed by atoms with Gasteiger partial charge in [0.1, 0.15) is 4.88 Å². The summed E-state index contributed by atoms with van der Waals surface area (Å²) in [7, 11) is 0. The van der Waals surface area contributed by atoms with Crippen molar-refractivity contribution in [3.63, 3.8) is 0 Å². The van der Waals surface area contributed by atoms with E-state index in [1.165, 1.54) is 16.9 Å². The number of thiophene rings is 1. The van der Waals surface area contributed by atoms with Crippen LogP contribution in [0.2, 0.25) is 0 Å². The van der Waals surface area contributed by atoms with E-state index in [0.717, 1.165) is 17.7 Å². The SMILES string of the molecule is CCc1cccnc1CNCc1ccsc1C(=O)O. The first-order valence-corrected chi connectivity index (χ1v) is 7.03. The van der Waals surface area contributed by atoms with Crippen LogP contribution < -0.4 is 5.32 Å². The minimum absolute atomic E-state index is 0.407. The number of pyridine rings is 1. The molecule has 2 rings (SSSR count). The van der Waals surface area contributed by atoms with E-state index >= 15 is 0 Å². The number of rotatable bonds is 6. The minimum atomic E-state index is -0.862. The Morgan fingerprint density at radius 1 is 1.37 bits per heavy atom. The van der Waals surface area contributed by atoms with Gasteiger partial charge in [-0.25, -0.2) is 4.79 Å². The molecule has 2 N–H and O–H groups in total. The third-order valence-corrected chi connectivity index (χ3v) is 3.86. The van der Waals surface area contributed by atoms with Crippen molar-refractivity contribution >= 4 is 17.3 Å². The van der Waals surface area contributed by atoms with Gasteiger partial charge in [0.25, 0.3) is 0 Å². The second-order valence-electron chi connectivity index (χ2n) is 4.15. The summed E-state index contributed by atoms with van der Waals surface area (Å²) in [6.07, 6.45) is 2.73. The van der Waals surface area contributed by atoms with Crippen LogP contribution in [0.1, 0.15) is 33.4 Å². The van der Waals surface area contributed by atoms with Crippen LogP contribution in [-0.2, 0) is 19.5 Å². The summed E-state index contributed by atoms with van der Waals surface area (Å²) < 4.78 is 0.